The summed E-state index contributed by atoms with van der Waals surface area (Å²) in [6.45, 7) is 8.53. The van der Waals surface area contributed by atoms with Crippen molar-refractivity contribution in [1.82, 2.24) is 10.2 Å². The molecule has 1 aliphatic heterocycles. The van der Waals surface area contributed by atoms with Gasteiger partial charge in [-0.05, 0) is 37.8 Å². The summed E-state index contributed by atoms with van der Waals surface area (Å²) in [6, 6.07) is 10.3. The first kappa shape index (κ1) is 15.0. The fraction of sp³-hybridized carbons (Fsp3) is 0.588. The van der Waals surface area contributed by atoms with Gasteiger partial charge < -0.3 is 5.32 Å². The molecule has 0 aliphatic carbocycles. The van der Waals surface area contributed by atoms with Crippen LogP contribution in [0, 0.1) is 5.92 Å². The number of likely N-dealkylation sites (tertiary alicyclic amines) is 1. The molecule has 1 N–H and O–H groups in total. The standard InChI is InChI=1S/C17H26N2O/c1-13(2)12-19-11-7-10-16(19)17(20)18-14(3)15-8-5-4-6-9-15/h4-6,8-9,13-14,16H,7,10-12H2,1-3H3,(H,18,20)/t14-,16+/m1/s1. The fourth-order valence-electron chi connectivity index (χ4n) is 2.95. The molecule has 0 aromatic heterocycles. The minimum absolute atomic E-state index is 0.0589. The van der Waals surface area contributed by atoms with Crippen molar-refractivity contribution in [3.05, 3.63) is 35.9 Å². The molecule has 0 bridgehead atoms. The second-order valence-electron chi connectivity index (χ2n) is 6.19. The minimum Gasteiger partial charge on any atom is -0.348 e. The molecule has 1 heterocycles. The van der Waals surface area contributed by atoms with Crippen LogP contribution in [0.25, 0.3) is 0 Å². The van der Waals surface area contributed by atoms with Gasteiger partial charge in [-0.1, -0.05) is 44.2 Å². The molecule has 0 unspecified atom stereocenters. The third-order valence-electron chi connectivity index (χ3n) is 3.92. The average molecular weight is 274 g/mol. The maximum atomic E-state index is 12.5. The molecule has 3 heteroatoms. The highest BCUT2D eigenvalue weighted by molar-refractivity contribution is 5.82. The van der Waals surface area contributed by atoms with Crippen LogP contribution in [0.2, 0.25) is 0 Å². The smallest absolute Gasteiger partial charge is 0.237 e. The van der Waals surface area contributed by atoms with E-state index in [0.717, 1.165) is 31.5 Å². The van der Waals surface area contributed by atoms with Gasteiger partial charge in [0.1, 0.15) is 0 Å². The lowest BCUT2D eigenvalue weighted by Gasteiger charge is -2.26. The normalized spacial score (nSPS) is 21.1. The lowest BCUT2D eigenvalue weighted by molar-refractivity contribution is -0.126. The van der Waals surface area contributed by atoms with Crippen LogP contribution in [0.4, 0.5) is 0 Å². The zero-order valence-corrected chi connectivity index (χ0v) is 12.8. The second-order valence-corrected chi connectivity index (χ2v) is 6.19. The van der Waals surface area contributed by atoms with Crippen molar-refractivity contribution in [2.24, 2.45) is 5.92 Å². The Kier molecular flexibility index (Phi) is 5.18. The molecule has 1 amide bonds. The van der Waals surface area contributed by atoms with Crippen LogP contribution in [0.1, 0.15) is 45.2 Å². The van der Waals surface area contributed by atoms with Gasteiger partial charge in [-0.15, -0.1) is 0 Å². The number of hydrogen-bond acceptors (Lipinski definition) is 2. The van der Waals surface area contributed by atoms with Crippen LogP contribution in [-0.4, -0.2) is 29.9 Å². The molecule has 1 aliphatic rings. The van der Waals surface area contributed by atoms with Crippen LogP contribution in [-0.2, 0) is 4.79 Å². The summed E-state index contributed by atoms with van der Waals surface area (Å²) in [5.41, 5.74) is 1.16. The van der Waals surface area contributed by atoms with E-state index < -0.39 is 0 Å². The molecule has 1 aromatic rings. The van der Waals surface area contributed by atoms with Crippen molar-refractivity contribution in [3.63, 3.8) is 0 Å². The van der Waals surface area contributed by atoms with E-state index in [1.165, 1.54) is 0 Å². The third kappa shape index (κ3) is 3.83. The highest BCUT2D eigenvalue weighted by atomic mass is 16.2. The summed E-state index contributed by atoms with van der Waals surface area (Å²) < 4.78 is 0. The van der Waals surface area contributed by atoms with E-state index in [9.17, 15) is 4.79 Å². The predicted molar refractivity (Wildman–Crippen MR) is 82.4 cm³/mol. The van der Waals surface area contributed by atoms with Gasteiger partial charge in [-0.25, -0.2) is 0 Å². The van der Waals surface area contributed by atoms with E-state index in [4.69, 9.17) is 0 Å². The van der Waals surface area contributed by atoms with Crippen molar-refractivity contribution in [2.75, 3.05) is 13.1 Å². The van der Waals surface area contributed by atoms with Crippen molar-refractivity contribution in [1.29, 1.82) is 0 Å². The third-order valence-corrected chi connectivity index (χ3v) is 3.92. The Morgan fingerprint density at radius 1 is 1.30 bits per heavy atom. The van der Waals surface area contributed by atoms with Gasteiger partial charge >= 0.3 is 0 Å². The molecule has 20 heavy (non-hydrogen) atoms. The summed E-state index contributed by atoms with van der Waals surface area (Å²) in [5.74, 6) is 0.787. The molecule has 1 aromatic carbocycles. The maximum Gasteiger partial charge on any atom is 0.237 e. The summed E-state index contributed by atoms with van der Waals surface area (Å²) in [5, 5.41) is 3.16. The number of nitrogens with zero attached hydrogens (tertiary/aromatic N) is 1. The summed E-state index contributed by atoms with van der Waals surface area (Å²) >= 11 is 0. The highest BCUT2D eigenvalue weighted by Crippen LogP contribution is 2.20. The first-order valence-electron chi connectivity index (χ1n) is 7.67. The summed E-state index contributed by atoms with van der Waals surface area (Å²) in [4.78, 5) is 14.8. The quantitative estimate of drug-likeness (QED) is 0.895. The van der Waals surface area contributed by atoms with Gasteiger partial charge in [0.15, 0.2) is 0 Å². The molecule has 1 saturated heterocycles. The van der Waals surface area contributed by atoms with Gasteiger partial charge in [-0.2, -0.15) is 0 Å². The maximum absolute atomic E-state index is 12.5. The molecular weight excluding hydrogens is 248 g/mol. The second kappa shape index (κ2) is 6.89. The minimum atomic E-state index is 0.0589. The Morgan fingerprint density at radius 3 is 2.65 bits per heavy atom. The monoisotopic (exact) mass is 274 g/mol. The average Bonchev–Trinajstić information content (AvgIpc) is 2.87. The molecule has 2 rings (SSSR count). The van der Waals surface area contributed by atoms with Crippen LogP contribution in [0.15, 0.2) is 30.3 Å². The lowest BCUT2D eigenvalue weighted by atomic mass is 10.1. The molecule has 110 valence electrons. The Morgan fingerprint density at radius 2 is 2.00 bits per heavy atom. The van der Waals surface area contributed by atoms with Crippen LogP contribution in [0.5, 0.6) is 0 Å². The summed E-state index contributed by atoms with van der Waals surface area (Å²) in [6.07, 6.45) is 2.12. The predicted octanol–water partition coefficient (Wildman–Crippen LogP) is 2.98. The van der Waals surface area contributed by atoms with Crippen LogP contribution >= 0.6 is 0 Å². The largest absolute Gasteiger partial charge is 0.348 e. The van der Waals surface area contributed by atoms with Crippen molar-refractivity contribution >= 4 is 5.91 Å². The zero-order chi connectivity index (χ0) is 14.5. The topological polar surface area (TPSA) is 32.3 Å². The number of amides is 1. The number of hydrogen-bond donors (Lipinski definition) is 1. The Balaban J connectivity index is 1.94. The van der Waals surface area contributed by atoms with Crippen molar-refractivity contribution in [2.45, 2.75) is 45.7 Å². The van der Waals surface area contributed by atoms with Gasteiger partial charge in [0, 0.05) is 6.54 Å². The zero-order valence-electron chi connectivity index (χ0n) is 12.8. The first-order valence-corrected chi connectivity index (χ1v) is 7.67. The summed E-state index contributed by atoms with van der Waals surface area (Å²) in [7, 11) is 0. The van der Waals surface area contributed by atoms with Crippen LogP contribution in [0.3, 0.4) is 0 Å². The van der Waals surface area contributed by atoms with Gasteiger partial charge in [-0.3, -0.25) is 9.69 Å². The van der Waals surface area contributed by atoms with E-state index >= 15 is 0 Å². The Labute approximate surface area is 122 Å². The van der Waals surface area contributed by atoms with E-state index in [1.807, 2.05) is 18.2 Å². The van der Waals surface area contributed by atoms with Gasteiger partial charge in [0.05, 0.1) is 12.1 Å². The van der Waals surface area contributed by atoms with E-state index in [2.05, 4.69) is 43.1 Å². The SMILES string of the molecule is CC(C)CN1CCC[C@H]1C(=O)N[C@H](C)c1ccccc1. The van der Waals surface area contributed by atoms with E-state index in [1.54, 1.807) is 0 Å². The van der Waals surface area contributed by atoms with Gasteiger partial charge in [0.25, 0.3) is 0 Å². The van der Waals surface area contributed by atoms with Crippen molar-refractivity contribution < 1.29 is 4.79 Å². The highest BCUT2D eigenvalue weighted by Gasteiger charge is 2.31. The molecule has 1 fully saturated rings. The lowest BCUT2D eigenvalue weighted by Crippen LogP contribution is -2.45. The van der Waals surface area contributed by atoms with Crippen molar-refractivity contribution in [3.8, 4) is 0 Å². The molecular formula is C17H26N2O. The van der Waals surface area contributed by atoms with Crippen LogP contribution < -0.4 is 5.32 Å². The number of carbonyl (C=O) groups excluding carboxylic acids is 1. The molecule has 3 nitrogen and oxygen atoms in total. The molecule has 0 radical (unpaired) electrons. The fourth-order valence-corrected chi connectivity index (χ4v) is 2.95. The van der Waals surface area contributed by atoms with E-state index in [-0.39, 0.29) is 18.0 Å². The number of rotatable bonds is 5. The molecule has 0 saturated carbocycles. The first-order chi connectivity index (χ1) is 9.58. The number of nitrogens with one attached hydrogen (secondary N) is 1. The number of carbonyl (C=O) groups is 1. The van der Waals surface area contributed by atoms with Gasteiger partial charge in [0.2, 0.25) is 5.91 Å². The molecule has 2 atom stereocenters. The molecule has 0 spiro atoms. The Hall–Kier alpha value is -1.35. The van der Waals surface area contributed by atoms with E-state index in [0.29, 0.717) is 5.92 Å². The number of benzene rings is 1. The Bertz CT molecular complexity index is 430.